The summed E-state index contributed by atoms with van der Waals surface area (Å²) in [4.78, 5) is 22.0. The zero-order valence-corrected chi connectivity index (χ0v) is 9.89. The van der Waals surface area contributed by atoms with E-state index in [-0.39, 0.29) is 17.5 Å². The van der Waals surface area contributed by atoms with Crippen molar-refractivity contribution in [2.24, 2.45) is 11.3 Å². The molecular weight excluding hydrogens is 232 g/mol. The van der Waals surface area contributed by atoms with Crippen LogP contribution in [0.25, 0.3) is 0 Å². The molecule has 0 aromatic heterocycles. The number of non-ortho nitro benzene ring substituents is 1. The van der Waals surface area contributed by atoms with Crippen molar-refractivity contribution in [1.29, 1.82) is 0 Å². The second-order valence-electron chi connectivity index (χ2n) is 5.27. The Bertz CT molecular complexity index is 505. The molecule has 0 unspecified atom stereocenters. The van der Waals surface area contributed by atoms with Gasteiger partial charge in [-0.15, -0.1) is 0 Å². The van der Waals surface area contributed by atoms with Gasteiger partial charge >= 0.3 is 0 Å². The minimum atomic E-state index is -0.449. The highest BCUT2D eigenvalue weighted by Crippen LogP contribution is 2.65. The van der Waals surface area contributed by atoms with Crippen molar-refractivity contribution in [2.75, 3.05) is 5.32 Å². The lowest BCUT2D eigenvalue weighted by molar-refractivity contribution is -0.384. The number of nitrogens with zero attached hydrogens (tertiary/aromatic N) is 1. The van der Waals surface area contributed by atoms with Crippen molar-refractivity contribution in [3.8, 4) is 0 Å². The molecule has 0 radical (unpaired) electrons. The van der Waals surface area contributed by atoms with E-state index in [0.29, 0.717) is 11.1 Å². The number of rotatable bonds is 3. The molecule has 1 spiro atoms. The first kappa shape index (κ1) is 11.2. The fourth-order valence-corrected chi connectivity index (χ4v) is 2.80. The lowest BCUT2D eigenvalue weighted by Gasteiger charge is -2.26. The van der Waals surface area contributed by atoms with E-state index in [4.69, 9.17) is 0 Å². The number of nitrogens with one attached hydrogen (secondary N) is 1. The van der Waals surface area contributed by atoms with Crippen LogP contribution in [-0.2, 0) is 4.79 Å². The van der Waals surface area contributed by atoms with Crippen LogP contribution in [0, 0.1) is 21.4 Å². The fourth-order valence-electron chi connectivity index (χ4n) is 2.80. The van der Waals surface area contributed by atoms with Gasteiger partial charge in [0.1, 0.15) is 0 Å². The Labute approximate surface area is 104 Å². The summed E-state index contributed by atoms with van der Waals surface area (Å²) < 4.78 is 0. The maximum absolute atomic E-state index is 12.0. The largest absolute Gasteiger partial charge is 0.326 e. The van der Waals surface area contributed by atoms with Crippen LogP contribution in [0.1, 0.15) is 25.7 Å². The summed E-state index contributed by atoms with van der Waals surface area (Å²) in [5.74, 6) is 0.213. The Hall–Kier alpha value is -1.91. The molecule has 3 rings (SSSR count). The van der Waals surface area contributed by atoms with Gasteiger partial charge in [0.25, 0.3) is 5.69 Å². The number of benzene rings is 1. The highest BCUT2D eigenvalue weighted by Gasteiger charge is 2.60. The smallest absolute Gasteiger partial charge is 0.269 e. The number of nitro groups is 1. The molecule has 2 fully saturated rings. The van der Waals surface area contributed by atoms with Gasteiger partial charge in [0, 0.05) is 23.7 Å². The predicted octanol–water partition coefficient (Wildman–Crippen LogP) is 2.72. The molecule has 18 heavy (non-hydrogen) atoms. The molecule has 2 saturated carbocycles. The van der Waals surface area contributed by atoms with Gasteiger partial charge in [0.2, 0.25) is 5.91 Å². The summed E-state index contributed by atoms with van der Waals surface area (Å²) in [6, 6.07) is 5.96. The minimum absolute atomic E-state index is 0.0369. The summed E-state index contributed by atoms with van der Waals surface area (Å²) in [5, 5.41) is 13.3. The predicted molar refractivity (Wildman–Crippen MR) is 66.1 cm³/mol. The van der Waals surface area contributed by atoms with Gasteiger partial charge in [-0.25, -0.2) is 0 Å². The molecule has 0 bridgehead atoms. The molecular formula is C13H14N2O3. The van der Waals surface area contributed by atoms with E-state index >= 15 is 0 Å². The molecule has 5 heteroatoms. The maximum Gasteiger partial charge on any atom is 0.269 e. The Morgan fingerprint density at radius 3 is 2.44 bits per heavy atom. The highest BCUT2D eigenvalue weighted by molar-refractivity contribution is 5.95. The SMILES string of the molecule is O=C(Nc1ccc([N+](=O)[O-])cc1)[C@H]1CC12CCC2. The van der Waals surface area contributed by atoms with Crippen molar-refractivity contribution < 1.29 is 9.72 Å². The first-order valence-electron chi connectivity index (χ1n) is 6.16. The quantitative estimate of drug-likeness (QED) is 0.658. The van der Waals surface area contributed by atoms with Crippen LogP contribution in [0.3, 0.4) is 0 Å². The van der Waals surface area contributed by atoms with Crippen molar-refractivity contribution in [3.63, 3.8) is 0 Å². The van der Waals surface area contributed by atoms with Gasteiger partial charge in [0.05, 0.1) is 4.92 Å². The lowest BCUT2D eigenvalue weighted by atomic mass is 9.79. The number of carbonyl (C=O) groups excluding carboxylic acids is 1. The Morgan fingerprint density at radius 2 is 2.00 bits per heavy atom. The summed E-state index contributed by atoms with van der Waals surface area (Å²) in [5.41, 5.74) is 0.979. The van der Waals surface area contributed by atoms with Gasteiger partial charge < -0.3 is 5.32 Å². The zero-order valence-electron chi connectivity index (χ0n) is 9.89. The number of anilines is 1. The normalized spacial score (nSPS) is 23.2. The molecule has 1 atom stereocenters. The van der Waals surface area contributed by atoms with Crippen molar-refractivity contribution in [3.05, 3.63) is 34.4 Å². The third kappa shape index (κ3) is 1.75. The van der Waals surface area contributed by atoms with Gasteiger partial charge in [-0.1, -0.05) is 6.42 Å². The van der Waals surface area contributed by atoms with Crippen LogP contribution in [0.5, 0.6) is 0 Å². The number of amides is 1. The molecule has 5 nitrogen and oxygen atoms in total. The van der Waals surface area contributed by atoms with E-state index in [1.54, 1.807) is 12.1 Å². The van der Waals surface area contributed by atoms with Crippen LogP contribution in [-0.4, -0.2) is 10.8 Å². The number of hydrogen-bond acceptors (Lipinski definition) is 3. The molecule has 94 valence electrons. The number of hydrogen-bond donors (Lipinski definition) is 1. The molecule has 0 saturated heterocycles. The monoisotopic (exact) mass is 246 g/mol. The molecule has 1 N–H and O–H groups in total. The molecule has 1 amide bonds. The van der Waals surface area contributed by atoms with E-state index < -0.39 is 4.92 Å². The van der Waals surface area contributed by atoms with E-state index in [1.807, 2.05) is 0 Å². The van der Waals surface area contributed by atoms with Gasteiger partial charge in [-0.3, -0.25) is 14.9 Å². The summed E-state index contributed by atoms with van der Waals surface area (Å²) >= 11 is 0. The standard InChI is InChI=1S/C13H14N2O3/c16-12(11-8-13(11)6-1-7-13)14-9-2-4-10(5-3-9)15(17)18/h2-5,11H,1,6-8H2,(H,14,16)/t11-/m1/s1. The summed E-state index contributed by atoms with van der Waals surface area (Å²) in [7, 11) is 0. The molecule has 1 aromatic rings. The van der Waals surface area contributed by atoms with E-state index in [0.717, 1.165) is 6.42 Å². The second kappa shape index (κ2) is 3.80. The molecule has 2 aliphatic carbocycles. The summed E-state index contributed by atoms with van der Waals surface area (Å²) in [6.45, 7) is 0. The molecule has 0 aliphatic heterocycles. The van der Waals surface area contributed by atoms with Gasteiger partial charge in [0.15, 0.2) is 0 Å². The average molecular weight is 246 g/mol. The Morgan fingerprint density at radius 1 is 1.33 bits per heavy atom. The first-order chi connectivity index (χ1) is 8.61. The lowest BCUT2D eigenvalue weighted by Crippen LogP contribution is -2.23. The van der Waals surface area contributed by atoms with E-state index in [1.165, 1.54) is 31.4 Å². The third-order valence-electron chi connectivity index (χ3n) is 4.20. The highest BCUT2D eigenvalue weighted by atomic mass is 16.6. The maximum atomic E-state index is 12.0. The average Bonchev–Trinajstić information content (AvgIpc) is 3.05. The van der Waals surface area contributed by atoms with Crippen LogP contribution in [0.4, 0.5) is 11.4 Å². The van der Waals surface area contributed by atoms with Crippen LogP contribution >= 0.6 is 0 Å². The summed E-state index contributed by atoms with van der Waals surface area (Å²) in [6.07, 6.45) is 4.59. The Kier molecular flexibility index (Phi) is 2.36. The first-order valence-corrected chi connectivity index (χ1v) is 6.16. The van der Waals surface area contributed by atoms with Crippen LogP contribution in [0.15, 0.2) is 24.3 Å². The number of carbonyl (C=O) groups is 1. The minimum Gasteiger partial charge on any atom is -0.326 e. The topological polar surface area (TPSA) is 72.2 Å². The second-order valence-corrected chi connectivity index (χ2v) is 5.27. The van der Waals surface area contributed by atoms with Crippen molar-refractivity contribution in [2.45, 2.75) is 25.7 Å². The van der Waals surface area contributed by atoms with Crippen molar-refractivity contribution in [1.82, 2.24) is 0 Å². The van der Waals surface area contributed by atoms with Gasteiger partial charge in [-0.05, 0) is 36.8 Å². The van der Waals surface area contributed by atoms with E-state index in [9.17, 15) is 14.9 Å². The molecule has 2 aliphatic rings. The van der Waals surface area contributed by atoms with Crippen LogP contribution in [0.2, 0.25) is 0 Å². The molecule has 0 heterocycles. The van der Waals surface area contributed by atoms with Crippen molar-refractivity contribution >= 4 is 17.3 Å². The Balaban J connectivity index is 1.62. The zero-order chi connectivity index (χ0) is 12.8. The fraction of sp³-hybridized carbons (Fsp3) is 0.462. The van der Waals surface area contributed by atoms with Gasteiger partial charge in [-0.2, -0.15) is 0 Å². The third-order valence-corrected chi connectivity index (χ3v) is 4.20. The number of nitro benzene ring substituents is 1. The molecule has 1 aromatic carbocycles. The van der Waals surface area contributed by atoms with Crippen LogP contribution < -0.4 is 5.32 Å². The van der Waals surface area contributed by atoms with E-state index in [2.05, 4.69) is 5.32 Å².